The number of pyridine rings is 1. The second-order valence-electron chi connectivity index (χ2n) is 5.42. The van der Waals surface area contributed by atoms with Crippen LogP contribution in [0.4, 0.5) is 11.5 Å². The van der Waals surface area contributed by atoms with Gasteiger partial charge in [0.2, 0.25) is 5.91 Å². The second kappa shape index (κ2) is 6.00. The number of amides is 1. The molecule has 7 heteroatoms. The van der Waals surface area contributed by atoms with Crippen LogP contribution in [0.5, 0.6) is 0 Å². The van der Waals surface area contributed by atoms with Crippen LogP contribution in [0.25, 0.3) is 0 Å². The SMILES string of the molecule is CN1C(=O)CCCc2cc(S(=O)(=O)Nc3ccccn3)ccc21. The molecule has 1 N–H and O–H groups in total. The van der Waals surface area contributed by atoms with Gasteiger partial charge in [0.1, 0.15) is 5.82 Å². The van der Waals surface area contributed by atoms with E-state index < -0.39 is 10.0 Å². The maximum absolute atomic E-state index is 12.5. The van der Waals surface area contributed by atoms with Crippen LogP contribution in [-0.4, -0.2) is 26.4 Å². The number of carbonyl (C=O) groups is 1. The molecule has 0 unspecified atom stereocenters. The van der Waals surface area contributed by atoms with Crippen LogP contribution in [0.15, 0.2) is 47.5 Å². The molecule has 0 bridgehead atoms. The van der Waals surface area contributed by atoms with Gasteiger partial charge in [-0.2, -0.15) is 0 Å². The Bertz CT molecular complexity index is 835. The lowest BCUT2D eigenvalue weighted by molar-refractivity contribution is -0.118. The maximum atomic E-state index is 12.5. The summed E-state index contributed by atoms with van der Waals surface area (Å²) in [5.74, 6) is 0.320. The van der Waals surface area contributed by atoms with Crippen molar-refractivity contribution in [3.8, 4) is 0 Å². The first-order chi connectivity index (χ1) is 11.0. The monoisotopic (exact) mass is 331 g/mol. The van der Waals surface area contributed by atoms with Gasteiger partial charge in [0, 0.05) is 25.4 Å². The smallest absolute Gasteiger partial charge is 0.263 e. The summed E-state index contributed by atoms with van der Waals surface area (Å²) in [5, 5.41) is 0. The summed E-state index contributed by atoms with van der Waals surface area (Å²) < 4.78 is 27.4. The van der Waals surface area contributed by atoms with Gasteiger partial charge in [-0.3, -0.25) is 9.52 Å². The number of aryl methyl sites for hydroxylation is 1. The molecule has 23 heavy (non-hydrogen) atoms. The van der Waals surface area contributed by atoms with Gasteiger partial charge in [-0.1, -0.05) is 6.07 Å². The summed E-state index contributed by atoms with van der Waals surface area (Å²) in [6.45, 7) is 0. The van der Waals surface area contributed by atoms with Gasteiger partial charge in [-0.15, -0.1) is 0 Å². The molecule has 0 spiro atoms. The Hall–Kier alpha value is -2.41. The van der Waals surface area contributed by atoms with Crippen molar-refractivity contribution in [2.24, 2.45) is 0 Å². The minimum atomic E-state index is -3.71. The number of anilines is 2. The Morgan fingerprint density at radius 3 is 2.74 bits per heavy atom. The fourth-order valence-electron chi connectivity index (χ4n) is 2.61. The summed E-state index contributed by atoms with van der Waals surface area (Å²) in [4.78, 5) is 17.6. The molecule has 0 saturated heterocycles. The molecular weight excluding hydrogens is 314 g/mol. The highest BCUT2D eigenvalue weighted by Crippen LogP contribution is 2.28. The minimum Gasteiger partial charge on any atom is -0.315 e. The first-order valence-electron chi connectivity index (χ1n) is 7.31. The number of sulfonamides is 1. The quantitative estimate of drug-likeness (QED) is 0.935. The van der Waals surface area contributed by atoms with Gasteiger partial charge in [0.25, 0.3) is 10.0 Å². The number of rotatable bonds is 3. The predicted octanol–water partition coefficient (Wildman–Crippen LogP) is 2.18. The van der Waals surface area contributed by atoms with Gasteiger partial charge < -0.3 is 4.90 Å². The Morgan fingerprint density at radius 2 is 2.00 bits per heavy atom. The molecule has 1 amide bonds. The highest BCUT2D eigenvalue weighted by molar-refractivity contribution is 7.92. The highest BCUT2D eigenvalue weighted by atomic mass is 32.2. The number of carbonyl (C=O) groups excluding carboxylic acids is 1. The third kappa shape index (κ3) is 3.19. The summed E-state index contributed by atoms with van der Waals surface area (Å²) in [7, 11) is -1.99. The molecule has 0 radical (unpaired) electrons. The second-order valence-corrected chi connectivity index (χ2v) is 7.10. The van der Waals surface area contributed by atoms with E-state index >= 15 is 0 Å². The summed E-state index contributed by atoms with van der Waals surface area (Å²) in [6, 6.07) is 9.85. The number of nitrogens with one attached hydrogen (secondary N) is 1. The molecule has 2 aromatic rings. The van der Waals surface area contributed by atoms with Gasteiger partial charge in [0.15, 0.2) is 0 Å². The standard InChI is InChI=1S/C16H17N3O3S/c1-19-14-9-8-13(11-12(14)5-4-7-16(19)20)23(21,22)18-15-6-2-3-10-17-15/h2-3,6,8-11H,4-5,7H2,1H3,(H,17,18). The van der Waals surface area contributed by atoms with Crippen molar-refractivity contribution < 1.29 is 13.2 Å². The van der Waals surface area contributed by atoms with Crippen molar-refractivity contribution in [3.63, 3.8) is 0 Å². The van der Waals surface area contributed by atoms with Crippen molar-refractivity contribution in [2.45, 2.75) is 24.2 Å². The largest absolute Gasteiger partial charge is 0.315 e. The van der Waals surface area contributed by atoms with E-state index in [1.165, 1.54) is 12.3 Å². The normalized spacial score (nSPS) is 15.0. The van der Waals surface area contributed by atoms with E-state index in [1.54, 1.807) is 42.3 Å². The molecule has 1 aromatic carbocycles. The molecule has 6 nitrogen and oxygen atoms in total. The van der Waals surface area contributed by atoms with Crippen LogP contribution in [0.2, 0.25) is 0 Å². The van der Waals surface area contributed by atoms with Crippen molar-refractivity contribution in [2.75, 3.05) is 16.7 Å². The number of benzene rings is 1. The van der Waals surface area contributed by atoms with Crippen molar-refractivity contribution in [1.82, 2.24) is 4.98 Å². The van der Waals surface area contributed by atoms with E-state index in [9.17, 15) is 13.2 Å². The molecule has 0 saturated carbocycles. The fraction of sp³-hybridized carbons (Fsp3) is 0.250. The molecule has 3 rings (SSSR count). The Morgan fingerprint density at radius 1 is 1.17 bits per heavy atom. The Balaban J connectivity index is 1.95. The topological polar surface area (TPSA) is 79.4 Å². The lowest BCUT2D eigenvalue weighted by Gasteiger charge is -2.18. The maximum Gasteiger partial charge on any atom is 0.263 e. The zero-order valence-corrected chi connectivity index (χ0v) is 13.5. The lowest BCUT2D eigenvalue weighted by Crippen LogP contribution is -2.25. The van der Waals surface area contributed by atoms with Crippen molar-refractivity contribution >= 4 is 27.4 Å². The minimum absolute atomic E-state index is 0.0472. The molecule has 0 fully saturated rings. The lowest BCUT2D eigenvalue weighted by atomic mass is 10.1. The third-order valence-electron chi connectivity index (χ3n) is 3.84. The molecule has 120 valence electrons. The van der Waals surface area contributed by atoms with Gasteiger partial charge in [-0.25, -0.2) is 13.4 Å². The highest BCUT2D eigenvalue weighted by Gasteiger charge is 2.22. The molecule has 2 heterocycles. The molecule has 1 aromatic heterocycles. The summed E-state index contributed by atoms with van der Waals surface area (Å²) in [6.07, 6.45) is 3.39. The molecule has 1 aliphatic rings. The fourth-order valence-corrected chi connectivity index (χ4v) is 3.67. The molecule has 0 atom stereocenters. The van der Waals surface area contributed by atoms with Crippen molar-refractivity contribution in [1.29, 1.82) is 0 Å². The average molecular weight is 331 g/mol. The number of hydrogen-bond acceptors (Lipinski definition) is 4. The van der Waals surface area contributed by atoms with E-state index in [1.807, 2.05) is 0 Å². The van der Waals surface area contributed by atoms with E-state index in [-0.39, 0.29) is 16.6 Å². The molecule has 0 aliphatic carbocycles. The first-order valence-corrected chi connectivity index (χ1v) is 8.79. The summed E-state index contributed by atoms with van der Waals surface area (Å²) >= 11 is 0. The van der Waals surface area contributed by atoms with Gasteiger partial charge in [-0.05, 0) is 48.7 Å². The number of aromatic nitrogens is 1. The van der Waals surface area contributed by atoms with Crippen LogP contribution < -0.4 is 9.62 Å². The number of hydrogen-bond donors (Lipinski definition) is 1. The van der Waals surface area contributed by atoms with Crippen LogP contribution >= 0.6 is 0 Å². The predicted molar refractivity (Wildman–Crippen MR) is 87.8 cm³/mol. The van der Waals surface area contributed by atoms with E-state index in [4.69, 9.17) is 0 Å². The third-order valence-corrected chi connectivity index (χ3v) is 5.19. The zero-order valence-electron chi connectivity index (χ0n) is 12.7. The zero-order chi connectivity index (χ0) is 16.4. The summed E-state index contributed by atoms with van der Waals surface area (Å²) in [5.41, 5.74) is 1.63. The first kappa shape index (κ1) is 15.5. The van der Waals surface area contributed by atoms with E-state index in [0.29, 0.717) is 19.3 Å². The van der Waals surface area contributed by atoms with Crippen LogP contribution in [0.1, 0.15) is 18.4 Å². The van der Waals surface area contributed by atoms with Gasteiger partial charge >= 0.3 is 0 Å². The van der Waals surface area contributed by atoms with E-state index in [0.717, 1.165) is 11.3 Å². The molecular formula is C16H17N3O3S. The molecule has 1 aliphatic heterocycles. The van der Waals surface area contributed by atoms with Crippen LogP contribution in [0, 0.1) is 0 Å². The Kier molecular flexibility index (Phi) is 4.04. The van der Waals surface area contributed by atoms with Crippen LogP contribution in [-0.2, 0) is 21.2 Å². The van der Waals surface area contributed by atoms with Gasteiger partial charge in [0.05, 0.1) is 4.90 Å². The van der Waals surface area contributed by atoms with E-state index in [2.05, 4.69) is 9.71 Å². The average Bonchev–Trinajstić information content (AvgIpc) is 2.67. The number of fused-ring (bicyclic) bond motifs is 1. The van der Waals surface area contributed by atoms with Crippen LogP contribution in [0.3, 0.4) is 0 Å². The number of nitrogens with zero attached hydrogens (tertiary/aromatic N) is 2. The van der Waals surface area contributed by atoms with Crippen molar-refractivity contribution in [3.05, 3.63) is 48.2 Å². The Labute approximate surface area is 135 Å².